The Morgan fingerprint density at radius 3 is 1.41 bits per heavy atom. The van der Waals surface area contributed by atoms with Crippen LogP contribution in [0.15, 0.2) is 0 Å². The van der Waals surface area contributed by atoms with Crippen LogP contribution in [0.5, 0.6) is 0 Å². The van der Waals surface area contributed by atoms with Crippen LogP contribution in [-0.2, 0) is 19.1 Å². The first-order chi connectivity index (χ1) is 15.1. The molecule has 196 valence electrons. The zero-order valence-electron chi connectivity index (χ0n) is 22.0. The summed E-state index contributed by atoms with van der Waals surface area (Å²) < 4.78 is 10.7. The van der Waals surface area contributed by atoms with E-state index < -0.39 is 60.6 Å². The van der Waals surface area contributed by atoms with Crippen molar-refractivity contribution in [1.82, 2.24) is 0 Å². The molecule has 4 saturated carbocycles. The summed E-state index contributed by atoms with van der Waals surface area (Å²) >= 11 is 2.02. The molecule has 4 fully saturated rings. The molecule has 0 spiro atoms. The van der Waals surface area contributed by atoms with Gasteiger partial charge in [-0.2, -0.15) is 0 Å². The molecule has 0 amide bonds. The predicted octanol–water partition coefficient (Wildman–Crippen LogP) is 4.07. The summed E-state index contributed by atoms with van der Waals surface area (Å²) in [6, 6.07) is 0. The number of alkyl halides is 1. The second-order valence-electron chi connectivity index (χ2n) is 13.4. The Bertz CT molecular complexity index is 761. The standard InChI is InChI=1S/C26H43IO7/c1-9-22(8,27)18(29)33-10-17(28)34-26-14-23(19(2,3)30)11-24(15-26,20(4,5)31)13-25(12-23,16-26)21(6,7)32/h30-32H,9-16H2,1-8H3. The van der Waals surface area contributed by atoms with Crippen LogP contribution in [-0.4, -0.2) is 59.7 Å². The van der Waals surface area contributed by atoms with Crippen molar-refractivity contribution in [2.24, 2.45) is 16.2 Å². The summed E-state index contributed by atoms with van der Waals surface area (Å²) in [6.07, 6.45) is 3.66. The van der Waals surface area contributed by atoms with Crippen LogP contribution in [0.2, 0.25) is 0 Å². The second-order valence-corrected chi connectivity index (χ2v) is 15.7. The molecule has 34 heavy (non-hydrogen) atoms. The van der Waals surface area contributed by atoms with Gasteiger partial charge in [-0.05, 0) is 93.4 Å². The van der Waals surface area contributed by atoms with Gasteiger partial charge in [0.15, 0.2) is 6.61 Å². The molecule has 0 aliphatic heterocycles. The van der Waals surface area contributed by atoms with Crippen molar-refractivity contribution in [3.8, 4) is 0 Å². The lowest BCUT2D eigenvalue weighted by molar-refractivity contribution is -0.332. The highest BCUT2D eigenvalue weighted by Gasteiger charge is 2.76. The van der Waals surface area contributed by atoms with E-state index in [9.17, 15) is 24.9 Å². The quantitative estimate of drug-likeness (QED) is 0.221. The topological polar surface area (TPSA) is 113 Å². The summed E-state index contributed by atoms with van der Waals surface area (Å²) in [6.45, 7) is 13.8. The van der Waals surface area contributed by atoms with Gasteiger partial charge in [0.2, 0.25) is 0 Å². The Morgan fingerprint density at radius 1 is 0.765 bits per heavy atom. The number of ether oxygens (including phenoxy) is 2. The minimum Gasteiger partial charge on any atom is -0.456 e. The van der Waals surface area contributed by atoms with Crippen molar-refractivity contribution in [2.75, 3.05) is 6.61 Å². The second kappa shape index (κ2) is 8.02. The fourth-order valence-corrected chi connectivity index (χ4v) is 7.44. The molecule has 0 saturated heterocycles. The fourth-order valence-electron chi connectivity index (χ4n) is 7.29. The van der Waals surface area contributed by atoms with Crippen molar-refractivity contribution in [3.05, 3.63) is 0 Å². The molecule has 0 aromatic carbocycles. The van der Waals surface area contributed by atoms with Gasteiger partial charge in [-0.3, -0.25) is 4.79 Å². The highest BCUT2D eigenvalue weighted by atomic mass is 127. The van der Waals surface area contributed by atoms with Gasteiger partial charge in [-0.1, -0.05) is 29.5 Å². The maximum absolute atomic E-state index is 13.0. The highest BCUT2D eigenvalue weighted by Crippen LogP contribution is 2.77. The van der Waals surface area contributed by atoms with E-state index in [0.29, 0.717) is 44.9 Å². The lowest BCUT2D eigenvalue weighted by Crippen LogP contribution is -2.75. The van der Waals surface area contributed by atoms with Gasteiger partial charge in [0.1, 0.15) is 9.02 Å². The van der Waals surface area contributed by atoms with E-state index in [1.54, 1.807) is 48.5 Å². The predicted molar refractivity (Wildman–Crippen MR) is 136 cm³/mol. The Labute approximate surface area is 217 Å². The smallest absolute Gasteiger partial charge is 0.344 e. The molecular weight excluding hydrogens is 551 g/mol. The third-order valence-corrected chi connectivity index (χ3v) is 10.8. The molecule has 4 rings (SSSR count). The van der Waals surface area contributed by atoms with Gasteiger partial charge < -0.3 is 24.8 Å². The first-order valence-corrected chi connectivity index (χ1v) is 13.4. The molecule has 0 radical (unpaired) electrons. The molecule has 4 aliphatic carbocycles. The maximum atomic E-state index is 13.0. The largest absolute Gasteiger partial charge is 0.456 e. The fraction of sp³-hybridized carbons (Fsp3) is 0.923. The Morgan fingerprint density at radius 2 is 1.12 bits per heavy atom. The number of halogens is 1. The summed E-state index contributed by atoms with van der Waals surface area (Å²) in [5, 5.41) is 34.2. The van der Waals surface area contributed by atoms with Crippen LogP contribution in [0.3, 0.4) is 0 Å². The van der Waals surface area contributed by atoms with E-state index in [2.05, 4.69) is 0 Å². The molecule has 1 atom stereocenters. The van der Waals surface area contributed by atoms with Crippen LogP contribution in [0.1, 0.15) is 100 Å². The van der Waals surface area contributed by atoms with Crippen LogP contribution >= 0.6 is 22.6 Å². The molecular formula is C26H43IO7. The average Bonchev–Trinajstić information content (AvgIpc) is 2.62. The van der Waals surface area contributed by atoms with Gasteiger partial charge in [0.05, 0.1) is 16.8 Å². The Balaban J connectivity index is 2.00. The summed E-state index contributed by atoms with van der Waals surface area (Å²) in [5.41, 5.74) is -6.28. The van der Waals surface area contributed by atoms with Crippen molar-refractivity contribution in [3.63, 3.8) is 0 Å². The molecule has 4 aliphatic rings. The zero-order valence-corrected chi connectivity index (χ0v) is 24.2. The maximum Gasteiger partial charge on any atom is 0.344 e. The minimum atomic E-state index is -1.12. The third-order valence-electron chi connectivity index (χ3n) is 9.65. The average molecular weight is 595 g/mol. The number of carbonyl (C=O) groups is 2. The molecule has 1 unspecified atom stereocenters. The Kier molecular flexibility index (Phi) is 6.64. The van der Waals surface area contributed by atoms with Crippen LogP contribution in [0.25, 0.3) is 0 Å². The van der Waals surface area contributed by atoms with Crippen molar-refractivity contribution < 1.29 is 34.4 Å². The van der Waals surface area contributed by atoms with E-state index in [1.807, 2.05) is 29.5 Å². The van der Waals surface area contributed by atoms with E-state index >= 15 is 0 Å². The molecule has 8 heteroatoms. The number of rotatable bonds is 8. The first-order valence-electron chi connectivity index (χ1n) is 12.3. The van der Waals surface area contributed by atoms with E-state index in [-0.39, 0.29) is 0 Å². The number of esters is 2. The molecule has 4 bridgehead atoms. The molecule has 0 aromatic heterocycles. The molecule has 3 N–H and O–H groups in total. The van der Waals surface area contributed by atoms with E-state index in [1.165, 1.54) is 0 Å². The van der Waals surface area contributed by atoms with Crippen molar-refractivity contribution in [2.45, 2.75) is 126 Å². The number of carbonyl (C=O) groups excluding carboxylic acids is 2. The SMILES string of the molecule is CCC(C)(I)C(=O)OCC(=O)OC12CC3(C(C)(C)O)CC(C(C)(C)O)(C1)CC(C(C)(C)O)(C2)C3. The molecule has 0 aromatic rings. The first kappa shape index (κ1) is 28.1. The number of hydrogen-bond acceptors (Lipinski definition) is 7. The van der Waals surface area contributed by atoms with Crippen LogP contribution < -0.4 is 0 Å². The number of aliphatic hydroxyl groups is 3. The summed E-state index contributed by atoms with van der Waals surface area (Å²) in [7, 11) is 0. The monoisotopic (exact) mass is 594 g/mol. The van der Waals surface area contributed by atoms with Gasteiger partial charge >= 0.3 is 11.9 Å². The van der Waals surface area contributed by atoms with Crippen molar-refractivity contribution in [1.29, 1.82) is 0 Å². The molecule has 7 nitrogen and oxygen atoms in total. The van der Waals surface area contributed by atoms with Gasteiger partial charge in [-0.15, -0.1) is 0 Å². The minimum absolute atomic E-state index is 0.442. The summed E-state index contributed by atoms with van der Waals surface area (Å²) in [4.78, 5) is 25.4. The van der Waals surface area contributed by atoms with Crippen LogP contribution in [0.4, 0.5) is 0 Å². The molecule has 0 heterocycles. The van der Waals surface area contributed by atoms with E-state index in [0.717, 1.165) is 0 Å². The Hall–Kier alpha value is -0.450. The van der Waals surface area contributed by atoms with Crippen molar-refractivity contribution >= 4 is 34.5 Å². The number of hydrogen-bond donors (Lipinski definition) is 3. The van der Waals surface area contributed by atoms with Gasteiger partial charge in [0.25, 0.3) is 0 Å². The third kappa shape index (κ3) is 4.43. The van der Waals surface area contributed by atoms with Gasteiger partial charge in [0, 0.05) is 16.2 Å². The highest BCUT2D eigenvalue weighted by molar-refractivity contribution is 14.1. The van der Waals surface area contributed by atoms with E-state index in [4.69, 9.17) is 9.47 Å². The lowest BCUT2D eigenvalue weighted by Gasteiger charge is -2.75. The lowest BCUT2D eigenvalue weighted by atomic mass is 9.32. The zero-order chi connectivity index (χ0) is 26.2. The summed E-state index contributed by atoms with van der Waals surface area (Å²) in [5.74, 6) is -1.10. The van der Waals surface area contributed by atoms with Crippen LogP contribution in [0, 0.1) is 16.2 Å². The van der Waals surface area contributed by atoms with Gasteiger partial charge in [-0.25, -0.2) is 4.79 Å². The normalized spacial score (nSPS) is 37.3.